The summed E-state index contributed by atoms with van der Waals surface area (Å²) in [6.45, 7) is 0. The molecule has 0 saturated carbocycles. The molecule has 0 N–H and O–H groups in total. The van der Waals surface area contributed by atoms with Crippen molar-refractivity contribution in [3.05, 3.63) is 72.2 Å². The van der Waals surface area contributed by atoms with Crippen molar-refractivity contribution in [1.29, 1.82) is 0 Å². The minimum Gasteiger partial charge on any atom is -0.435 e. The molecule has 0 bridgehead atoms. The average Bonchev–Trinajstić information content (AvgIpc) is 3.19. The Morgan fingerprint density at radius 3 is 2.61 bits per heavy atom. The maximum absolute atomic E-state index is 5.84. The molecule has 4 aromatic rings. The van der Waals surface area contributed by atoms with E-state index >= 15 is 0 Å². The summed E-state index contributed by atoms with van der Waals surface area (Å²) in [6.07, 6.45) is 5.57. The molecule has 0 unspecified atom stereocenters. The van der Waals surface area contributed by atoms with Gasteiger partial charge >= 0.3 is 0 Å². The van der Waals surface area contributed by atoms with E-state index in [-0.39, 0.29) is 0 Å². The summed E-state index contributed by atoms with van der Waals surface area (Å²) >= 11 is 0. The first-order valence-corrected chi connectivity index (χ1v) is 7.42. The zero-order valence-electron chi connectivity index (χ0n) is 12.7. The van der Waals surface area contributed by atoms with Crippen LogP contribution in [0.1, 0.15) is 11.5 Å². The lowest BCUT2D eigenvalue weighted by molar-refractivity contribution is 0.557. The van der Waals surface area contributed by atoms with Gasteiger partial charge < -0.3 is 4.42 Å². The molecule has 0 aliphatic carbocycles. The number of benzene rings is 2. The zero-order valence-corrected chi connectivity index (χ0v) is 12.7. The van der Waals surface area contributed by atoms with E-state index in [1.165, 1.54) is 0 Å². The molecule has 4 nitrogen and oxygen atoms in total. The second-order valence-corrected chi connectivity index (χ2v) is 5.30. The number of oxazole rings is 1. The van der Waals surface area contributed by atoms with Crippen molar-refractivity contribution in [2.75, 3.05) is 0 Å². The van der Waals surface area contributed by atoms with Gasteiger partial charge in [0.15, 0.2) is 5.76 Å². The number of hydrogen-bond acceptors (Lipinski definition) is 3. The number of hydrogen-bond donors (Lipinski definition) is 0. The molecule has 2 aromatic carbocycles. The highest BCUT2D eigenvalue weighted by Gasteiger charge is 2.13. The third-order valence-electron chi connectivity index (χ3n) is 3.73. The van der Waals surface area contributed by atoms with E-state index in [0.717, 1.165) is 22.2 Å². The summed E-state index contributed by atoms with van der Waals surface area (Å²) in [5.41, 5.74) is 2.99. The van der Waals surface area contributed by atoms with E-state index in [4.69, 9.17) is 4.42 Å². The quantitative estimate of drug-likeness (QED) is 0.563. The van der Waals surface area contributed by atoms with Crippen molar-refractivity contribution in [1.82, 2.24) is 14.8 Å². The smallest absolute Gasteiger partial charge is 0.219 e. The van der Waals surface area contributed by atoms with Gasteiger partial charge in [0, 0.05) is 18.5 Å². The first-order chi connectivity index (χ1) is 11.3. The van der Waals surface area contributed by atoms with Crippen molar-refractivity contribution in [2.24, 2.45) is 7.05 Å². The highest BCUT2D eigenvalue weighted by molar-refractivity contribution is 5.91. The number of rotatable bonds is 3. The van der Waals surface area contributed by atoms with Crippen LogP contribution in [0.2, 0.25) is 0 Å². The standard InChI is InChI=1S/C19H15N3O/c1-22-16-10-6-5-9-15(16)19(21-22)17-13-20-18(23-17)12-11-14-7-3-2-4-8-14/h2-13H,1H3/b12-11+. The van der Waals surface area contributed by atoms with Gasteiger partial charge in [-0.15, -0.1) is 0 Å². The van der Waals surface area contributed by atoms with Crippen LogP contribution in [0.25, 0.3) is 34.5 Å². The maximum Gasteiger partial charge on any atom is 0.219 e. The predicted molar refractivity (Wildman–Crippen MR) is 91.6 cm³/mol. The highest BCUT2D eigenvalue weighted by atomic mass is 16.4. The third-order valence-corrected chi connectivity index (χ3v) is 3.73. The minimum atomic E-state index is 0.568. The molecule has 0 saturated heterocycles. The number of aromatic nitrogens is 3. The van der Waals surface area contributed by atoms with Gasteiger partial charge in [-0.05, 0) is 17.7 Å². The molecule has 4 heteroatoms. The molecular formula is C19H15N3O. The molecule has 2 aromatic heterocycles. The summed E-state index contributed by atoms with van der Waals surface area (Å²) < 4.78 is 7.69. The van der Waals surface area contributed by atoms with E-state index in [0.29, 0.717) is 11.7 Å². The molecule has 0 spiro atoms. The molecule has 4 rings (SSSR count). The zero-order chi connectivity index (χ0) is 15.6. The lowest BCUT2D eigenvalue weighted by Crippen LogP contribution is -1.88. The summed E-state index contributed by atoms with van der Waals surface area (Å²) in [5.74, 6) is 1.24. The van der Waals surface area contributed by atoms with Crippen molar-refractivity contribution in [3.8, 4) is 11.5 Å². The van der Waals surface area contributed by atoms with Gasteiger partial charge in [0.2, 0.25) is 5.89 Å². The van der Waals surface area contributed by atoms with Crippen LogP contribution in [0.3, 0.4) is 0 Å². The molecule has 0 amide bonds. The van der Waals surface area contributed by atoms with Crippen molar-refractivity contribution in [3.63, 3.8) is 0 Å². The van der Waals surface area contributed by atoms with E-state index in [1.807, 2.05) is 78.5 Å². The van der Waals surface area contributed by atoms with Crippen molar-refractivity contribution < 1.29 is 4.42 Å². The molecule has 0 fully saturated rings. The van der Waals surface area contributed by atoms with Crippen LogP contribution in [-0.4, -0.2) is 14.8 Å². The Bertz CT molecular complexity index is 980. The predicted octanol–water partition coefficient (Wildman–Crippen LogP) is 4.40. The molecule has 0 radical (unpaired) electrons. The fourth-order valence-corrected chi connectivity index (χ4v) is 2.60. The Balaban J connectivity index is 1.69. The Morgan fingerprint density at radius 2 is 1.74 bits per heavy atom. The molecule has 0 atom stereocenters. The topological polar surface area (TPSA) is 43.9 Å². The van der Waals surface area contributed by atoms with Crippen LogP contribution in [0.15, 0.2) is 65.2 Å². The van der Waals surface area contributed by atoms with Gasteiger partial charge in [0.05, 0.1) is 11.7 Å². The van der Waals surface area contributed by atoms with Gasteiger partial charge in [0.1, 0.15) is 5.69 Å². The average molecular weight is 301 g/mol. The van der Waals surface area contributed by atoms with Gasteiger partial charge in [-0.3, -0.25) is 4.68 Å². The number of fused-ring (bicyclic) bond motifs is 1. The van der Waals surface area contributed by atoms with Crippen LogP contribution in [-0.2, 0) is 7.05 Å². The normalized spacial score (nSPS) is 11.5. The first-order valence-electron chi connectivity index (χ1n) is 7.42. The molecule has 0 aliphatic heterocycles. The molecule has 112 valence electrons. The van der Waals surface area contributed by atoms with E-state index in [2.05, 4.69) is 10.1 Å². The Kier molecular flexibility index (Phi) is 3.27. The fourth-order valence-electron chi connectivity index (χ4n) is 2.60. The maximum atomic E-state index is 5.84. The van der Waals surface area contributed by atoms with E-state index in [9.17, 15) is 0 Å². The minimum absolute atomic E-state index is 0.568. The van der Waals surface area contributed by atoms with Gasteiger partial charge in [-0.1, -0.05) is 48.5 Å². The van der Waals surface area contributed by atoms with E-state index < -0.39 is 0 Å². The van der Waals surface area contributed by atoms with Gasteiger partial charge in [0.25, 0.3) is 0 Å². The van der Waals surface area contributed by atoms with Crippen LogP contribution in [0, 0.1) is 0 Å². The third kappa shape index (κ3) is 2.55. The lowest BCUT2D eigenvalue weighted by Gasteiger charge is -1.91. The van der Waals surface area contributed by atoms with Crippen molar-refractivity contribution >= 4 is 23.1 Å². The van der Waals surface area contributed by atoms with Gasteiger partial charge in [-0.2, -0.15) is 5.10 Å². The monoisotopic (exact) mass is 301 g/mol. The summed E-state index contributed by atoms with van der Waals surface area (Å²) in [5, 5.41) is 5.61. The fraction of sp³-hybridized carbons (Fsp3) is 0.0526. The van der Waals surface area contributed by atoms with Crippen LogP contribution in [0.4, 0.5) is 0 Å². The molecule has 23 heavy (non-hydrogen) atoms. The summed E-state index contributed by atoms with van der Waals surface area (Å²) in [4.78, 5) is 4.32. The van der Waals surface area contributed by atoms with Crippen LogP contribution < -0.4 is 0 Å². The Morgan fingerprint density at radius 1 is 0.957 bits per heavy atom. The second-order valence-electron chi connectivity index (χ2n) is 5.30. The number of para-hydroxylation sites is 1. The number of nitrogens with zero attached hydrogens (tertiary/aromatic N) is 3. The summed E-state index contributed by atoms with van der Waals surface area (Å²) in [7, 11) is 1.93. The first kappa shape index (κ1) is 13.5. The Labute approximate surface area is 133 Å². The second kappa shape index (κ2) is 5.57. The molecule has 2 heterocycles. The Hall–Kier alpha value is -3.14. The largest absolute Gasteiger partial charge is 0.435 e. The van der Waals surface area contributed by atoms with Crippen LogP contribution in [0.5, 0.6) is 0 Å². The van der Waals surface area contributed by atoms with Crippen molar-refractivity contribution in [2.45, 2.75) is 0 Å². The summed E-state index contributed by atoms with van der Waals surface area (Å²) in [6, 6.07) is 18.1. The van der Waals surface area contributed by atoms with E-state index in [1.54, 1.807) is 6.20 Å². The SMILES string of the molecule is Cn1nc(-c2cnc(/C=C/c3ccccc3)o2)c2ccccc21. The lowest BCUT2D eigenvalue weighted by atomic mass is 10.2. The molecule has 0 aliphatic rings. The van der Waals surface area contributed by atoms with Gasteiger partial charge in [-0.25, -0.2) is 4.98 Å². The highest BCUT2D eigenvalue weighted by Crippen LogP contribution is 2.28. The number of aryl methyl sites for hydroxylation is 1. The van der Waals surface area contributed by atoms with Crippen LogP contribution >= 0.6 is 0 Å². The molecular weight excluding hydrogens is 286 g/mol.